The van der Waals surface area contributed by atoms with Crippen molar-refractivity contribution in [2.75, 3.05) is 23.8 Å². The van der Waals surface area contributed by atoms with Crippen LogP contribution in [0.3, 0.4) is 0 Å². The lowest BCUT2D eigenvalue weighted by atomic mass is 10.1. The summed E-state index contributed by atoms with van der Waals surface area (Å²) in [5.74, 6) is 0.231. The van der Waals surface area contributed by atoms with Gasteiger partial charge < -0.3 is 20.1 Å². The van der Waals surface area contributed by atoms with Crippen molar-refractivity contribution >= 4 is 59.0 Å². The standard InChI is InChI=1S/C24H25ClFN3O2.C23H23ClFN3O3/c1-5-17-6-8-20(21(26)11-17)24(30)27-23-10-16(4)29(28-23)13-18-12-19(25)7-9-22(18)31-14-15(2)3;1-14(2)13-31-21-7-5-18(24)10-17(21)11-28-15(3)8-22(27-28)26-23(30)19-6-4-16(12-29)9-20(19)25/h5-12,15H,1,13-14H2,2-4H3,(H,27,28,30);4-10,12,14H,11,13H2,1-3H3,(H,26,27,30). The van der Waals surface area contributed by atoms with Gasteiger partial charge in [0.15, 0.2) is 11.6 Å². The predicted molar refractivity (Wildman–Crippen MR) is 240 cm³/mol. The van der Waals surface area contributed by atoms with Gasteiger partial charge in [-0.3, -0.25) is 23.7 Å². The summed E-state index contributed by atoms with van der Waals surface area (Å²) in [5, 5.41) is 15.3. The van der Waals surface area contributed by atoms with Gasteiger partial charge in [0.1, 0.15) is 29.4 Å². The van der Waals surface area contributed by atoms with Crippen LogP contribution in [-0.4, -0.2) is 50.9 Å². The molecule has 0 aliphatic heterocycles. The molecule has 6 aromatic rings. The van der Waals surface area contributed by atoms with Crippen molar-refractivity contribution in [3.63, 3.8) is 0 Å². The fourth-order valence-electron chi connectivity index (χ4n) is 5.92. The molecule has 62 heavy (non-hydrogen) atoms. The first-order valence-corrected chi connectivity index (χ1v) is 20.5. The van der Waals surface area contributed by atoms with E-state index in [0.717, 1.165) is 40.1 Å². The maximum Gasteiger partial charge on any atom is 0.259 e. The lowest BCUT2D eigenvalue weighted by molar-refractivity contribution is 0.101. The third-order valence-corrected chi connectivity index (χ3v) is 9.59. The molecule has 2 heterocycles. The summed E-state index contributed by atoms with van der Waals surface area (Å²) in [6.07, 6.45) is 2.04. The van der Waals surface area contributed by atoms with Crippen LogP contribution in [0.1, 0.15) is 86.8 Å². The van der Waals surface area contributed by atoms with Gasteiger partial charge in [0.05, 0.1) is 37.4 Å². The third kappa shape index (κ3) is 12.9. The van der Waals surface area contributed by atoms with Gasteiger partial charge >= 0.3 is 0 Å². The highest BCUT2D eigenvalue weighted by atomic mass is 35.5. The first-order valence-electron chi connectivity index (χ1n) is 19.7. The number of aldehydes is 1. The number of nitrogens with zero attached hydrogens (tertiary/aromatic N) is 4. The molecule has 0 unspecified atom stereocenters. The second kappa shape index (κ2) is 21.5. The van der Waals surface area contributed by atoms with Crippen LogP contribution in [-0.2, 0) is 13.1 Å². The molecule has 0 bridgehead atoms. The Balaban J connectivity index is 0.000000234. The van der Waals surface area contributed by atoms with Crippen molar-refractivity contribution in [1.82, 2.24) is 19.6 Å². The smallest absolute Gasteiger partial charge is 0.259 e. The Labute approximate surface area is 369 Å². The van der Waals surface area contributed by atoms with Crippen molar-refractivity contribution in [2.45, 2.75) is 54.6 Å². The first-order chi connectivity index (χ1) is 29.5. The van der Waals surface area contributed by atoms with Crippen molar-refractivity contribution in [2.24, 2.45) is 11.8 Å². The molecule has 0 fully saturated rings. The number of hydrogen-bond acceptors (Lipinski definition) is 7. The zero-order valence-electron chi connectivity index (χ0n) is 35.3. The number of anilines is 2. The van der Waals surface area contributed by atoms with Crippen LogP contribution in [0.15, 0.2) is 91.5 Å². The minimum absolute atomic E-state index is 0.0583. The van der Waals surface area contributed by atoms with Gasteiger partial charge in [-0.05, 0) is 91.9 Å². The first kappa shape index (κ1) is 46.8. The molecule has 6 rings (SSSR count). The molecular formula is C47H48Cl2F2N6O5. The highest BCUT2D eigenvalue weighted by Crippen LogP contribution is 2.27. The summed E-state index contributed by atoms with van der Waals surface area (Å²) in [7, 11) is 0. The molecule has 2 aromatic heterocycles. The van der Waals surface area contributed by atoms with E-state index in [4.69, 9.17) is 32.7 Å². The van der Waals surface area contributed by atoms with E-state index >= 15 is 0 Å². The van der Waals surface area contributed by atoms with Gasteiger partial charge in [0.2, 0.25) is 0 Å². The van der Waals surface area contributed by atoms with E-state index in [-0.39, 0.29) is 22.5 Å². The summed E-state index contributed by atoms with van der Waals surface area (Å²) >= 11 is 12.3. The Morgan fingerprint density at radius 3 is 1.48 bits per heavy atom. The van der Waals surface area contributed by atoms with E-state index in [9.17, 15) is 23.2 Å². The molecule has 0 aliphatic carbocycles. The lowest BCUT2D eigenvalue weighted by Crippen LogP contribution is -2.15. The Hall–Kier alpha value is -6.31. The quantitative estimate of drug-likeness (QED) is 0.0926. The second-order valence-electron chi connectivity index (χ2n) is 15.3. The molecular weight excluding hydrogens is 837 g/mol. The van der Waals surface area contributed by atoms with Crippen LogP contribution in [0.2, 0.25) is 10.0 Å². The zero-order chi connectivity index (χ0) is 45.1. The fraction of sp³-hybridized carbons (Fsp3) is 0.255. The number of aryl methyl sites for hydroxylation is 2. The molecule has 0 saturated carbocycles. The Kier molecular flexibility index (Phi) is 16.2. The number of carbonyl (C=O) groups is 3. The number of halogens is 4. The molecule has 4 aromatic carbocycles. The summed E-state index contributed by atoms with van der Waals surface area (Å²) in [4.78, 5) is 35.7. The maximum absolute atomic E-state index is 14.2. The molecule has 324 valence electrons. The van der Waals surface area contributed by atoms with E-state index in [1.54, 1.807) is 39.7 Å². The summed E-state index contributed by atoms with van der Waals surface area (Å²) in [6.45, 7) is 17.6. The van der Waals surface area contributed by atoms with E-state index in [0.29, 0.717) is 65.9 Å². The molecule has 15 heteroatoms. The summed E-state index contributed by atoms with van der Waals surface area (Å²) in [6, 6.07) is 22.3. The normalized spacial score (nSPS) is 10.9. The number of carbonyl (C=O) groups excluding carboxylic acids is 3. The monoisotopic (exact) mass is 884 g/mol. The third-order valence-electron chi connectivity index (χ3n) is 9.12. The average Bonchev–Trinajstić information content (AvgIpc) is 3.74. The van der Waals surface area contributed by atoms with Crippen molar-refractivity contribution in [3.05, 3.63) is 158 Å². The number of benzene rings is 4. The van der Waals surface area contributed by atoms with Gasteiger partial charge in [0, 0.05) is 50.3 Å². The molecule has 0 atom stereocenters. The molecule has 0 spiro atoms. The minimum Gasteiger partial charge on any atom is -0.493 e. The number of ether oxygens (including phenoxy) is 2. The van der Waals surface area contributed by atoms with Crippen LogP contribution in [0.4, 0.5) is 20.4 Å². The van der Waals surface area contributed by atoms with E-state index in [1.165, 1.54) is 30.3 Å². The van der Waals surface area contributed by atoms with Crippen LogP contribution >= 0.6 is 23.2 Å². The summed E-state index contributed by atoms with van der Waals surface area (Å²) < 4.78 is 43.6. The van der Waals surface area contributed by atoms with E-state index in [2.05, 4.69) is 55.1 Å². The van der Waals surface area contributed by atoms with Crippen molar-refractivity contribution in [1.29, 1.82) is 0 Å². The Morgan fingerprint density at radius 2 is 1.10 bits per heavy atom. The van der Waals surface area contributed by atoms with E-state index < -0.39 is 23.4 Å². The van der Waals surface area contributed by atoms with Crippen LogP contribution in [0.25, 0.3) is 6.08 Å². The lowest BCUT2D eigenvalue weighted by Gasteiger charge is -2.14. The van der Waals surface area contributed by atoms with Gasteiger partial charge in [0.25, 0.3) is 11.8 Å². The minimum atomic E-state index is -0.774. The van der Waals surface area contributed by atoms with Crippen molar-refractivity contribution in [3.8, 4) is 11.5 Å². The van der Waals surface area contributed by atoms with Crippen LogP contribution in [0, 0.1) is 37.3 Å². The topological polar surface area (TPSA) is 129 Å². The molecule has 0 radical (unpaired) electrons. The van der Waals surface area contributed by atoms with Gasteiger partial charge in [-0.25, -0.2) is 8.78 Å². The van der Waals surface area contributed by atoms with Gasteiger partial charge in [-0.2, -0.15) is 10.2 Å². The Morgan fingerprint density at radius 1 is 0.677 bits per heavy atom. The molecule has 11 nitrogen and oxygen atoms in total. The summed E-state index contributed by atoms with van der Waals surface area (Å²) in [5.41, 5.74) is 3.89. The molecule has 0 saturated heterocycles. The highest BCUT2D eigenvalue weighted by molar-refractivity contribution is 6.31. The van der Waals surface area contributed by atoms with Crippen molar-refractivity contribution < 1.29 is 32.6 Å². The van der Waals surface area contributed by atoms with Crippen LogP contribution in [0.5, 0.6) is 11.5 Å². The number of aromatic nitrogens is 4. The number of amides is 2. The number of hydrogen-bond donors (Lipinski definition) is 2. The number of nitrogens with one attached hydrogen (secondary N) is 2. The number of rotatable bonds is 16. The fourth-order valence-corrected chi connectivity index (χ4v) is 6.31. The van der Waals surface area contributed by atoms with Gasteiger partial charge in [-0.1, -0.05) is 75.7 Å². The predicted octanol–water partition coefficient (Wildman–Crippen LogP) is 11.1. The van der Waals surface area contributed by atoms with Crippen LogP contribution < -0.4 is 20.1 Å². The zero-order valence-corrected chi connectivity index (χ0v) is 36.8. The largest absolute Gasteiger partial charge is 0.493 e. The molecule has 0 aliphatic rings. The van der Waals surface area contributed by atoms with Gasteiger partial charge in [-0.15, -0.1) is 0 Å². The SMILES string of the molecule is C=Cc1ccc(C(=O)Nc2cc(C)n(Cc3cc(Cl)ccc3OCC(C)C)n2)c(F)c1.Cc1cc(NC(=O)c2ccc(C=O)cc2F)nn1Cc1cc(Cl)ccc1OCC(C)C. The molecule has 2 amide bonds. The second-order valence-corrected chi connectivity index (χ2v) is 16.2. The average molecular weight is 886 g/mol. The highest BCUT2D eigenvalue weighted by Gasteiger charge is 2.18. The maximum atomic E-state index is 14.2. The molecule has 2 N–H and O–H groups in total. The Bertz CT molecular complexity index is 2400. The van der Waals surface area contributed by atoms with E-state index in [1.807, 2.05) is 38.1 Å².